The van der Waals surface area contributed by atoms with Crippen LogP contribution in [0.5, 0.6) is 17.2 Å². The third kappa shape index (κ3) is 4.93. The number of hydrogen-bond acceptors (Lipinski definition) is 4. The van der Waals surface area contributed by atoms with Crippen molar-refractivity contribution < 1.29 is 14.2 Å². The zero-order valence-corrected chi connectivity index (χ0v) is 16.7. The van der Waals surface area contributed by atoms with Gasteiger partial charge in [-0.3, -0.25) is 0 Å². The standard InChI is InChI=1S/C21H18INO3/c1-4-10-26-21-19(22)12-15(13-20(21)25-5-2)11-17(14-23)16-6-8-18(24-3)9-7-16/h1,6-9,11-13H,5,10H2,2-3H3/b17-11+. The fourth-order valence-electron chi connectivity index (χ4n) is 2.31. The average molecular weight is 459 g/mol. The van der Waals surface area contributed by atoms with Gasteiger partial charge in [-0.15, -0.1) is 6.42 Å². The highest BCUT2D eigenvalue weighted by molar-refractivity contribution is 14.1. The Morgan fingerprint density at radius 2 is 1.96 bits per heavy atom. The van der Waals surface area contributed by atoms with Gasteiger partial charge in [-0.05, 0) is 83.1 Å². The normalized spacial score (nSPS) is 10.6. The molecule has 2 aromatic carbocycles. The lowest BCUT2D eigenvalue weighted by Gasteiger charge is -2.13. The molecule has 0 heterocycles. The number of benzene rings is 2. The maximum atomic E-state index is 9.55. The van der Waals surface area contributed by atoms with Crippen LogP contribution in [0, 0.1) is 27.2 Å². The van der Waals surface area contributed by atoms with Gasteiger partial charge >= 0.3 is 0 Å². The molecule has 0 amide bonds. The van der Waals surface area contributed by atoms with E-state index in [0.29, 0.717) is 23.7 Å². The van der Waals surface area contributed by atoms with Crippen LogP contribution in [0.4, 0.5) is 0 Å². The van der Waals surface area contributed by atoms with Crippen molar-refractivity contribution in [1.29, 1.82) is 5.26 Å². The summed E-state index contributed by atoms with van der Waals surface area (Å²) in [5, 5.41) is 9.55. The predicted molar refractivity (Wildman–Crippen MR) is 111 cm³/mol. The average Bonchev–Trinajstić information content (AvgIpc) is 2.66. The Labute approximate surface area is 167 Å². The number of rotatable bonds is 7. The molecule has 0 atom stereocenters. The Bertz CT molecular complexity index is 874. The van der Waals surface area contributed by atoms with Crippen LogP contribution in [-0.4, -0.2) is 20.3 Å². The SMILES string of the molecule is C#CCOc1c(I)cc(/C=C(\C#N)c2ccc(OC)cc2)cc1OCC. The maximum Gasteiger partial charge on any atom is 0.175 e. The van der Waals surface area contributed by atoms with Crippen molar-refractivity contribution in [3.63, 3.8) is 0 Å². The number of allylic oxidation sites excluding steroid dienone is 1. The van der Waals surface area contributed by atoms with Gasteiger partial charge in [0.2, 0.25) is 0 Å². The first-order valence-electron chi connectivity index (χ1n) is 7.91. The van der Waals surface area contributed by atoms with Gasteiger partial charge in [-0.1, -0.05) is 5.92 Å². The number of methoxy groups -OCH3 is 1. The van der Waals surface area contributed by atoms with Crippen molar-refractivity contribution in [3.8, 4) is 35.7 Å². The van der Waals surface area contributed by atoms with Crippen LogP contribution in [-0.2, 0) is 0 Å². The molecule has 0 aliphatic heterocycles. The maximum absolute atomic E-state index is 9.55. The Hall–Kier alpha value is -2.64. The van der Waals surface area contributed by atoms with Crippen molar-refractivity contribution in [2.75, 3.05) is 20.3 Å². The van der Waals surface area contributed by atoms with Crippen molar-refractivity contribution >= 4 is 34.2 Å². The van der Waals surface area contributed by atoms with E-state index < -0.39 is 0 Å². The second-order valence-electron chi connectivity index (χ2n) is 5.15. The fourth-order valence-corrected chi connectivity index (χ4v) is 3.09. The summed E-state index contributed by atoms with van der Waals surface area (Å²) < 4.78 is 17.3. The molecule has 26 heavy (non-hydrogen) atoms. The molecule has 5 heteroatoms. The van der Waals surface area contributed by atoms with Crippen LogP contribution in [0.2, 0.25) is 0 Å². The van der Waals surface area contributed by atoms with Gasteiger partial charge in [0.25, 0.3) is 0 Å². The van der Waals surface area contributed by atoms with Crippen molar-refractivity contribution in [1.82, 2.24) is 0 Å². The van der Waals surface area contributed by atoms with E-state index in [9.17, 15) is 5.26 Å². The van der Waals surface area contributed by atoms with Crippen molar-refractivity contribution in [3.05, 3.63) is 51.1 Å². The van der Waals surface area contributed by atoms with Gasteiger partial charge in [-0.2, -0.15) is 5.26 Å². The lowest BCUT2D eigenvalue weighted by atomic mass is 10.0. The van der Waals surface area contributed by atoms with E-state index in [1.54, 1.807) is 7.11 Å². The van der Waals surface area contributed by atoms with E-state index in [1.807, 2.05) is 49.4 Å². The van der Waals surface area contributed by atoms with Gasteiger partial charge in [0.15, 0.2) is 11.5 Å². The summed E-state index contributed by atoms with van der Waals surface area (Å²) in [4.78, 5) is 0. The topological polar surface area (TPSA) is 51.5 Å². The lowest BCUT2D eigenvalue weighted by Crippen LogP contribution is -2.01. The first kappa shape index (κ1) is 19.7. The summed E-state index contributed by atoms with van der Waals surface area (Å²) in [5.41, 5.74) is 2.20. The second-order valence-corrected chi connectivity index (χ2v) is 6.32. The van der Waals surface area contributed by atoms with Gasteiger partial charge in [0.1, 0.15) is 12.4 Å². The summed E-state index contributed by atoms with van der Waals surface area (Å²) in [5.74, 6) is 4.42. The quantitative estimate of drug-likeness (QED) is 0.259. The van der Waals surface area contributed by atoms with Crippen LogP contribution in [0.15, 0.2) is 36.4 Å². The summed E-state index contributed by atoms with van der Waals surface area (Å²) >= 11 is 2.17. The molecule has 0 unspecified atom stereocenters. The Balaban J connectivity index is 2.43. The molecule has 0 saturated heterocycles. The van der Waals surface area contributed by atoms with Gasteiger partial charge < -0.3 is 14.2 Å². The van der Waals surface area contributed by atoms with E-state index in [4.69, 9.17) is 20.6 Å². The third-order valence-corrected chi connectivity index (χ3v) is 4.27. The molecule has 2 aromatic rings. The molecule has 4 nitrogen and oxygen atoms in total. The molecule has 0 saturated carbocycles. The summed E-state index contributed by atoms with van der Waals surface area (Å²) in [7, 11) is 1.61. The number of halogens is 1. The van der Waals surface area contributed by atoms with E-state index in [1.165, 1.54) is 0 Å². The molecule has 132 valence electrons. The highest BCUT2D eigenvalue weighted by atomic mass is 127. The van der Waals surface area contributed by atoms with Crippen LogP contribution in [0.3, 0.4) is 0 Å². The lowest BCUT2D eigenvalue weighted by molar-refractivity contribution is 0.297. The van der Waals surface area contributed by atoms with E-state index in [-0.39, 0.29) is 6.61 Å². The smallest absolute Gasteiger partial charge is 0.175 e. The van der Waals surface area contributed by atoms with Crippen LogP contribution in [0.25, 0.3) is 11.6 Å². The number of hydrogen-bond donors (Lipinski definition) is 0. The first-order chi connectivity index (χ1) is 12.6. The molecule has 0 aliphatic rings. The fraction of sp³-hybridized carbons (Fsp3) is 0.190. The minimum absolute atomic E-state index is 0.167. The summed E-state index contributed by atoms with van der Waals surface area (Å²) in [6, 6.07) is 13.4. The Morgan fingerprint density at radius 3 is 2.54 bits per heavy atom. The van der Waals surface area contributed by atoms with Crippen molar-refractivity contribution in [2.24, 2.45) is 0 Å². The number of terminal acetylenes is 1. The highest BCUT2D eigenvalue weighted by Crippen LogP contribution is 2.35. The molecule has 0 aromatic heterocycles. The summed E-state index contributed by atoms with van der Waals surface area (Å²) in [6.07, 6.45) is 7.09. The van der Waals surface area contributed by atoms with Crippen LogP contribution in [0.1, 0.15) is 18.1 Å². The molecule has 0 N–H and O–H groups in total. The van der Waals surface area contributed by atoms with E-state index >= 15 is 0 Å². The molecule has 0 fully saturated rings. The number of ether oxygens (including phenoxy) is 3. The monoisotopic (exact) mass is 459 g/mol. The Kier molecular flexibility index (Phi) is 7.37. The predicted octanol–water partition coefficient (Wildman–Crippen LogP) is 4.77. The molecule has 0 radical (unpaired) electrons. The molecule has 2 rings (SSSR count). The molecular formula is C21H18INO3. The molecular weight excluding hydrogens is 441 g/mol. The molecule has 0 spiro atoms. The number of nitriles is 1. The Morgan fingerprint density at radius 1 is 1.23 bits per heavy atom. The second kappa shape index (κ2) is 9.74. The largest absolute Gasteiger partial charge is 0.497 e. The number of nitrogens with zero attached hydrogens (tertiary/aromatic N) is 1. The zero-order valence-electron chi connectivity index (χ0n) is 14.6. The minimum Gasteiger partial charge on any atom is -0.497 e. The highest BCUT2D eigenvalue weighted by Gasteiger charge is 2.12. The van der Waals surface area contributed by atoms with E-state index in [0.717, 1.165) is 20.4 Å². The van der Waals surface area contributed by atoms with Crippen LogP contribution < -0.4 is 14.2 Å². The summed E-state index contributed by atoms with van der Waals surface area (Å²) in [6.45, 7) is 2.57. The molecule has 0 aliphatic carbocycles. The van der Waals surface area contributed by atoms with Gasteiger partial charge in [0.05, 0.1) is 28.9 Å². The molecule has 0 bridgehead atoms. The minimum atomic E-state index is 0.167. The van der Waals surface area contributed by atoms with Crippen LogP contribution >= 0.6 is 22.6 Å². The third-order valence-electron chi connectivity index (χ3n) is 3.46. The zero-order chi connectivity index (χ0) is 18.9. The first-order valence-corrected chi connectivity index (χ1v) is 8.99. The van der Waals surface area contributed by atoms with Gasteiger partial charge in [0, 0.05) is 0 Å². The van der Waals surface area contributed by atoms with E-state index in [2.05, 4.69) is 34.6 Å². The van der Waals surface area contributed by atoms with Crippen molar-refractivity contribution in [2.45, 2.75) is 6.92 Å². The van der Waals surface area contributed by atoms with Gasteiger partial charge in [-0.25, -0.2) is 0 Å².